The van der Waals surface area contributed by atoms with Crippen LogP contribution >= 0.6 is 0 Å². The maximum Gasteiger partial charge on any atom is 0.407 e. The number of carboxylic acid groups (broad SMARTS) is 1. The lowest BCUT2D eigenvalue weighted by molar-refractivity contribution is -0.143. The number of rotatable bonds is 8. The van der Waals surface area contributed by atoms with Gasteiger partial charge in [0.1, 0.15) is 12.6 Å². The molecule has 0 aromatic heterocycles. The molecule has 1 saturated carbocycles. The topological polar surface area (TPSA) is 105 Å². The van der Waals surface area contributed by atoms with E-state index in [9.17, 15) is 19.5 Å². The molecule has 0 heterocycles. The van der Waals surface area contributed by atoms with Gasteiger partial charge < -0.3 is 20.5 Å². The van der Waals surface area contributed by atoms with Crippen LogP contribution in [0.4, 0.5) is 4.79 Å². The van der Waals surface area contributed by atoms with Crippen molar-refractivity contribution >= 4 is 18.0 Å². The first-order valence-electron chi connectivity index (χ1n) is 12.0. The minimum atomic E-state index is -1.04. The lowest BCUT2D eigenvalue weighted by Gasteiger charge is -2.23. The fraction of sp³-hybridized carbons (Fsp3) is 0.444. The summed E-state index contributed by atoms with van der Waals surface area (Å²) in [5.41, 5.74) is 4.60. The van der Waals surface area contributed by atoms with Crippen LogP contribution < -0.4 is 10.6 Å². The van der Waals surface area contributed by atoms with Gasteiger partial charge in [0, 0.05) is 12.0 Å². The molecule has 0 aliphatic heterocycles. The monoisotopic (exact) mass is 464 g/mol. The van der Waals surface area contributed by atoms with Crippen LogP contribution in [0.5, 0.6) is 0 Å². The number of hydrogen-bond donors (Lipinski definition) is 3. The van der Waals surface area contributed by atoms with Crippen molar-refractivity contribution in [3.05, 3.63) is 59.7 Å². The number of fused-ring (bicyclic) bond motifs is 3. The molecule has 0 bridgehead atoms. The number of carboxylic acids is 1. The van der Waals surface area contributed by atoms with E-state index < -0.39 is 24.0 Å². The molecule has 1 unspecified atom stereocenters. The second-order valence-electron chi connectivity index (χ2n) is 9.64. The highest BCUT2D eigenvalue weighted by Gasteiger charge is 2.36. The van der Waals surface area contributed by atoms with E-state index in [1.54, 1.807) is 0 Å². The predicted octanol–water partition coefficient (Wildman–Crippen LogP) is 4.31. The summed E-state index contributed by atoms with van der Waals surface area (Å²) in [6, 6.07) is 15.0. The molecule has 2 aliphatic rings. The smallest absolute Gasteiger partial charge is 0.407 e. The summed E-state index contributed by atoms with van der Waals surface area (Å²) < 4.78 is 5.63. The number of benzene rings is 2. The standard InChI is InChI=1S/C27H32N2O5/c1-16(2)14-24(26(31)32)28-25(30)21-12-7-13-23(21)29-27(33)34-15-22-19-10-5-3-8-17(19)18-9-4-6-11-20(18)22/h3-6,8-11,16,21-24H,7,12-15H2,1-2H3,(H,28,30)(H,29,33)(H,31,32)/t21-,23+,24?/m1/s1. The molecule has 2 aliphatic carbocycles. The number of ether oxygens (including phenoxy) is 1. The van der Waals surface area contributed by atoms with Crippen molar-refractivity contribution in [1.29, 1.82) is 0 Å². The van der Waals surface area contributed by atoms with E-state index in [0.717, 1.165) is 28.7 Å². The minimum absolute atomic E-state index is 0.0341. The molecule has 4 rings (SSSR count). The summed E-state index contributed by atoms with van der Waals surface area (Å²) >= 11 is 0. The van der Waals surface area contributed by atoms with Crippen molar-refractivity contribution in [1.82, 2.24) is 10.6 Å². The molecule has 34 heavy (non-hydrogen) atoms. The Labute approximate surface area is 199 Å². The summed E-state index contributed by atoms with van der Waals surface area (Å²) in [6.45, 7) is 4.04. The average molecular weight is 465 g/mol. The maximum absolute atomic E-state index is 12.8. The quantitative estimate of drug-likeness (QED) is 0.540. The normalized spacial score (nSPS) is 19.9. The molecule has 2 aromatic rings. The number of amides is 2. The molecule has 0 saturated heterocycles. The highest BCUT2D eigenvalue weighted by Crippen LogP contribution is 2.44. The number of carbonyl (C=O) groups excluding carboxylic acids is 2. The fourth-order valence-electron chi connectivity index (χ4n) is 5.21. The van der Waals surface area contributed by atoms with Crippen molar-refractivity contribution in [2.75, 3.05) is 6.61 Å². The number of hydrogen-bond acceptors (Lipinski definition) is 4. The molecule has 1 fully saturated rings. The van der Waals surface area contributed by atoms with E-state index in [1.807, 2.05) is 38.1 Å². The number of nitrogens with one attached hydrogen (secondary N) is 2. The second kappa shape index (κ2) is 10.3. The molecular weight excluding hydrogens is 432 g/mol. The van der Waals surface area contributed by atoms with Crippen LogP contribution in [0.2, 0.25) is 0 Å². The molecule has 2 aromatic carbocycles. The van der Waals surface area contributed by atoms with E-state index >= 15 is 0 Å². The number of alkyl carbamates (subject to hydrolysis) is 1. The first-order chi connectivity index (χ1) is 16.3. The van der Waals surface area contributed by atoms with Crippen molar-refractivity contribution in [2.24, 2.45) is 11.8 Å². The van der Waals surface area contributed by atoms with Crippen LogP contribution in [0.3, 0.4) is 0 Å². The van der Waals surface area contributed by atoms with Crippen LogP contribution in [0.1, 0.15) is 56.6 Å². The van der Waals surface area contributed by atoms with Gasteiger partial charge >= 0.3 is 12.1 Å². The molecule has 2 amide bonds. The van der Waals surface area contributed by atoms with Crippen LogP contribution in [-0.2, 0) is 14.3 Å². The Balaban J connectivity index is 1.36. The van der Waals surface area contributed by atoms with Gasteiger partial charge in [-0.3, -0.25) is 4.79 Å². The van der Waals surface area contributed by atoms with Gasteiger partial charge in [-0.1, -0.05) is 68.8 Å². The van der Waals surface area contributed by atoms with Gasteiger partial charge in [-0.15, -0.1) is 0 Å². The largest absolute Gasteiger partial charge is 0.480 e. The number of aliphatic carboxylic acids is 1. The zero-order valence-corrected chi connectivity index (χ0v) is 19.6. The SMILES string of the molecule is CC(C)CC(NC(=O)[C@@H]1CCC[C@@H]1NC(=O)OCC1c2ccccc2-c2ccccc21)C(=O)O. The molecule has 0 spiro atoms. The zero-order valence-electron chi connectivity index (χ0n) is 19.6. The summed E-state index contributed by atoms with van der Waals surface area (Å²) in [6.07, 6.45) is 1.86. The van der Waals surface area contributed by atoms with Crippen LogP contribution in [0, 0.1) is 11.8 Å². The first kappa shape index (κ1) is 23.8. The van der Waals surface area contributed by atoms with Crippen molar-refractivity contribution < 1.29 is 24.2 Å². The predicted molar refractivity (Wildman–Crippen MR) is 128 cm³/mol. The summed E-state index contributed by atoms with van der Waals surface area (Å²) in [5.74, 6) is -1.72. The summed E-state index contributed by atoms with van der Waals surface area (Å²) in [7, 11) is 0. The molecular formula is C27H32N2O5. The molecule has 3 atom stereocenters. The van der Waals surface area contributed by atoms with Gasteiger partial charge in [0.25, 0.3) is 0 Å². The average Bonchev–Trinajstić information content (AvgIpc) is 3.39. The third kappa shape index (κ3) is 5.08. The summed E-state index contributed by atoms with van der Waals surface area (Å²) in [5, 5.41) is 15.0. The lowest BCUT2D eigenvalue weighted by atomic mass is 9.98. The molecule has 7 heteroatoms. The van der Waals surface area contributed by atoms with E-state index in [0.29, 0.717) is 19.3 Å². The van der Waals surface area contributed by atoms with E-state index in [2.05, 4.69) is 34.9 Å². The lowest BCUT2D eigenvalue weighted by Crippen LogP contribution is -2.49. The fourth-order valence-corrected chi connectivity index (χ4v) is 5.21. The Kier molecular flexibility index (Phi) is 7.20. The molecule has 0 radical (unpaired) electrons. The van der Waals surface area contributed by atoms with Gasteiger partial charge in [-0.25, -0.2) is 9.59 Å². The maximum atomic E-state index is 12.8. The Morgan fingerprint density at radius 1 is 1.00 bits per heavy atom. The van der Waals surface area contributed by atoms with Gasteiger partial charge in [0.05, 0.1) is 5.92 Å². The van der Waals surface area contributed by atoms with Gasteiger partial charge in [-0.05, 0) is 47.4 Å². The number of carbonyl (C=O) groups is 3. The molecule has 180 valence electrons. The third-order valence-corrected chi connectivity index (χ3v) is 6.82. The second-order valence-corrected chi connectivity index (χ2v) is 9.64. The first-order valence-corrected chi connectivity index (χ1v) is 12.0. The Hall–Kier alpha value is -3.35. The zero-order chi connectivity index (χ0) is 24.2. The van der Waals surface area contributed by atoms with Gasteiger partial charge in [0.15, 0.2) is 0 Å². The minimum Gasteiger partial charge on any atom is -0.480 e. The van der Waals surface area contributed by atoms with Crippen molar-refractivity contribution in [3.8, 4) is 11.1 Å². The van der Waals surface area contributed by atoms with E-state index in [-0.39, 0.29) is 30.4 Å². The molecule has 7 nitrogen and oxygen atoms in total. The Bertz CT molecular complexity index is 1020. The highest BCUT2D eigenvalue weighted by atomic mass is 16.5. The third-order valence-electron chi connectivity index (χ3n) is 6.82. The van der Waals surface area contributed by atoms with Crippen LogP contribution in [0.25, 0.3) is 11.1 Å². The van der Waals surface area contributed by atoms with Gasteiger partial charge in [-0.2, -0.15) is 0 Å². The highest BCUT2D eigenvalue weighted by molar-refractivity contribution is 5.86. The van der Waals surface area contributed by atoms with Crippen molar-refractivity contribution in [2.45, 2.75) is 57.5 Å². The summed E-state index contributed by atoms with van der Waals surface area (Å²) in [4.78, 5) is 37.0. The van der Waals surface area contributed by atoms with Gasteiger partial charge in [0.2, 0.25) is 5.91 Å². The van der Waals surface area contributed by atoms with Crippen LogP contribution in [-0.4, -0.2) is 41.8 Å². The Morgan fingerprint density at radius 3 is 2.21 bits per heavy atom. The van der Waals surface area contributed by atoms with Crippen molar-refractivity contribution in [3.63, 3.8) is 0 Å². The molecule has 3 N–H and O–H groups in total. The van der Waals surface area contributed by atoms with E-state index in [4.69, 9.17) is 4.74 Å². The Morgan fingerprint density at radius 2 is 1.62 bits per heavy atom. The van der Waals surface area contributed by atoms with E-state index in [1.165, 1.54) is 0 Å². The van der Waals surface area contributed by atoms with Crippen LogP contribution in [0.15, 0.2) is 48.5 Å².